The van der Waals surface area contributed by atoms with Crippen molar-refractivity contribution in [2.75, 3.05) is 26.7 Å². The number of carbonyl (C=O) groups is 1. The van der Waals surface area contributed by atoms with E-state index in [4.69, 9.17) is 10.2 Å². The summed E-state index contributed by atoms with van der Waals surface area (Å²) >= 11 is 0. The van der Waals surface area contributed by atoms with Crippen molar-refractivity contribution in [3.63, 3.8) is 0 Å². The molecule has 0 aliphatic carbocycles. The number of nitrogens with two attached hydrogens (primary N) is 1. The van der Waals surface area contributed by atoms with E-state index in [-0.39, 0.29) is 11.8 Å². The number of rotatable bonds is 8. The molecule has 1 aromatic carbocycles. The van der Waals surface area contributed by atoms with Gasteiger partial charge in [-0.3, -0.25) is 14.7 Å². The molecule has 7 nitrogen and oxygen atoms in total. The molecular weight excluding hydrogens is 366 g/mol. The zero-order valence-electron chi connectivity index (χ0n) is 17.1. The van der Waals surface area contributed by atoms with Crippen LogP contribution < -0.4 is 16.4 Å². The first-order valence-corrected chi connectivity index (χ1v) is 10.2. The summed E-state index contributed by atoms with van der Waals surface area (Å²) in [6.45, 7) is 4.05. The number of aliphatic imine (C=N–C) groups is 1. The second-order valence-electron chi connectivity index (χ2n) is 7.48. The summed E-state index contributed by atoms with van der Waals surface area (Å²) in [4.78, 5) is 18.1. The van der Waals surface area contributed by atoms with Crippen LogP contribution in [0.4, 0.5) is 0 Å². The average Bonchev–Trinajstić information content (AvgIpc) is 3.24. The lowest BCUT2D eigenvalue weighted by Crippen LogP contribution is -2.40. The maximum Gasteiger partial charge on any atom is 0.221 e. The van der Waals surface area contributed by atoms with Crippen molar-refractivity contribution < 1.29 is 9.21 Å². The molecule has 0 spiro atoms. The lowest BCUT2D eigenvalue weighted by Gasteiger charge is -2.31. The Morgan fingerprint density at radius 2 is 2.14 bits per heavy atom. The van der Waals surface area contributed by atoms with E-state index >= 15 is 0 Å². The monoisotopic (exact) mass is 397 g/mol. The molecule has 1 unspecified atom stereocenters. The van der Waals surface area contributed by atoms with Crippen molar-refractivity contribution in [1.29, 1.82) is 0 Å². The fourth-order valence-electron chi connectivity index (χ4n) is 3.69. The molecule has 1 aromatic heterocycles. The number of guanidine groups is 1. The molecule has 7 heteroatoms. The molecular formula is C22H31N5O2. The van der Waals surface area contributed by atoms with Gasteiger partial charge in [0.25, 0.3) is 0 Å². The summed E-state index contributed by atoms with van der Waals surface area (Å²) in [7, 11) is 1.77. The van der Waals surface area contributed by atoms with Crippen molar-refractivity contribution in [2.24, 2.45) is 16.6 Å². The predicted molar refractivity (Wildman–Crippen MR) is 114 cm³/mol. The summed E-state index contributed by atoms with van der Waals surface area (Å²) < 4.78 is 5.34. The minimum atomic E-state index is -0.182. The Bertz CT molecular complexity index is 803. The number of likely N-dealkylation sites (tertiary alicyclic amines) is 1. The quantitative estimate of drug-likeness (QED) is 0.467. The molecule has 1 atom stereocenters. The lowest BCUT2D eigenvalue weighted by molar-refractivity contribution is -0.123. The third kappa shape index (κ3) is 6.64. The number of hydrogen-bond acceptors (Lipinski definition) is 4. The lowest BCUT2D eigenvalue weighted by atomic mass is 9.97. The average molecular weight is 398 g/mol. The Hall–Kier alpha value is -2.80. The Morgan fingerprint density at radius 1 is 1.28 bits per heavy atom. The van der Waals surface area contributed by atoms with Crippen LogP contribution in [0.1, 0.15) is 29.7 Å². The fraction of sp³-hybridized carbons (Fsp3) is 0.455. The van der Waals surface area contributed by atoms with Gasteiger partial charge in [0.2, 0.25) is 5.91 Å². The molecule has 1 aliphatic heterocycles. The summed E-state index contributed by atoms with van der Waals surface area (Å²) in [6, 6.07) is 12.4. The summed E-state index contributed by atoms with van der Waals surface area (Å²) in [5, 5.41) is 6.65. The van der Waals surface area contributed by atoms with Crippen LogP contribution in [-0.2, 0) is 24.3 Å². The van der Waals surface area contributed by atoms with Gasteiger partial charge in [-0.05, 0) is 42.6 Å². The Balaban J connectivity index is 1.46. The predicted octanol–water partition coefficient (Wildman–Crippen LogP) is 1.88. The molecule has 29 heavy (non-hydrogen) atoms. The highest BCUT2D eigenvalue weighted by Crippen LogP contribution is 2.18. The number of primary amides is 1. The standard InChI is InChI=1S/C22H31N5O2/c1-24-22(25-10-9-20-8-4-12-29-20)26-14-17-5-2-6-18(13-17)15-27-11-3-7-19(16-27)21(23)28/h2,4-6,8,12-13,19H,3,7,9-11,14-16H2,1H3,(H2,23,28)(H2,24,25,26). The molecule has 1 aliphatic rings. The van der Waals surface area contributed by atoms with Gasteiger partial charge in [0, 0.05) is 39.6 Å². The third-order valence-electron chi connectivity index (χ3n) is 5.23. The molecule has 0 saturated carbocycles. The van der Waals surface area contributed by atoms with E-state index < -0.39 is 0 Å². The van der Waals surface area contributed by atoms with E-state index in [1.165, 1.54) is 11.1 Å². The summed E-state index contributed by atoms with van der Waals surface area (Å²) in [5.41, 5.74) is 7.93. The number of nitrogens with zero attached hydrogens (tertiary/aromatic N) is 2. The van der Waals surface area contributed by atoms with Crippen molar-refractivity contribution in [2.45, 2.75) is 32.4 Å². The van der Waals surface area contributed by atoms with Crippen molar-refractivity contribution in [3.8, 4) is 0 Å². The van der Waals surface area contributed by atoms with Crippen molar-refractivity contribution in [3.05, 3.63) is 59.5 Å². The molecule has 4 N–H and O–H groups in total. The van der Waals surface area contributed by atoms with Gasteiger partial charge in [-0.1, -0.05) is 24.3 Å². The van der Waals surface area contributed by atoms with Crippen LogP contribution in [0.2, 0.25) is 0 Å². The maximum absolute atomic E-state index is 11.5. The molecule has 156 valence electrons. The Kier molecular flexibility index (Phi) is 7.69. The van der Waals surface area contributed by atoms with Gasteiger partial charge in [-0.2, -0.15) is 0 Å². The van der Waals surface area contributed by atoms with E-state index in [9.17, 15) is 4.79 Å². The number of amides is 1. The van der Waals surface area contributed by atoms with Crippen LogP contribution in [0.15, 0.2) is 52.1 Å². The number of furan rings is 1. The van der Waals surface area contributed by atoms with Crippen molar-refractivity contribution in [1.82, 2.24) is 15.5 Å². The number of hydrogen-bond donors (Lipinski definition) is 3. The first-order valence-electron chi connectivity index (χ1n) is 10.2. The molecule has 1 saturated heterocycles. The van der Waals surface area contributed by atoms with Crippen LogP contribution in [0.25, 0.3) is 0 Å². The van der Waals surface area contributed by atoms with Gasteiger partial charge in [0.05, 0.1) is 12.2 Å². The van der Waals surface area contributed by atoms with Crippen LogP contribution >= 0.6 is 0 Å². The molecule has 1 fully saturated rings. The SMILES string of the molecule is CN=C(NCCc1ccco1)NCc1cccc(CN2CCCC(C(N)=O)C2)c1. The minimum Gasteiger partial charge on any atom is -0.469 e. The smallest absolute Gasteiger partial charge is 0.221 e. The maximum atomic E-state index is 11.5. The van der Waals surface area contributed by atoms with E-state index in [1.807, 2.05) is 12.1 Å². The largest absolute Gasteiger partial charge is 0.469 e. The normalized spacial score (nSPS) is 17.8. The Morgan fingerprint density at radius 3 is 2.90 bits per heavy atom. The van der Waals surface area contributed by atoms with Gasteiger partial charge in [0.1, 0.15) is 5.76 Å². The van der Waals surface area contributed by atoms with Gasteiger partial charge < -0.3 is 20.8 Å². The molecule has 0 radical (unpaired) electrons. The molecule has 3 rings (SSSR count). The van der Waals surface area contributed by atoms with Crippen LogP contribution in [0.5, 0.6) is 0 Å². The highest BCUT2D eigenvalue weighted by atomic mass is 16.3. The highest BCUT2D eigenvalue weighted by molar-refractivity contribution is 5.79. The highest BCUT2D eigenvalue weighted by Gasteiger charge is 2.23. The first-order chi connectivity index (χ1) is 14.1. The molecule has 2 aromatic rings. The van der Waals surface area contributed by atoms with Gasteiger partial charge in [-0.25, -0.2) is 0 Å². The zero-order valence-corrected chi connectivity index (χ0v) is 17.1. The van der Waals surface area contributed by atoms with Gasteiger partial charge in [0.15, 0.2) is 5.96 Å². The van der Waals surface area contributed by atoms with E-state index in [1.54, 1.807) is 13.3 Å². The molecule has 1 amide bonds. The topological polar surface area (TPSA) is 95.9 Å². The second kappa shape index (κ2) is 10.7. The van der Waals surface area contributed by atoms with E-state index in [0.717, 1.165) is 57.2 Å². The van der Waals surface area contributed by atoms with Crippen LogP contribution in [0, 0.1) is 5.92 Å². The van der Waals surface area contributed by atoms with Crippen LogP contribution in [-0.4, -0.2) is 43.4 Å². The van der Waals surface area contributed by atoms with Gasteiger partial charge in [-0.15, -0.1) is 0 Å². The number of benzene rings is 1. The summed E-state index contributed by atoms with van der Waals surface area (Å²) in [6.07, 6.45) is 4.43. The Labute approximate surface area is 172 Å². The van der Waals surface area contributed by atoms with Crippen LogP contribution in [0.3, 0.4) is 0 Å². The van der Waals surface area contributed by atoms with Crippen molar-refractivity contribution >= 4 is 11.9 Å². The minimum absolute atomic E-state index is 0.0239. The molecule has 0 bridgehead atoms. The zero-order chi connectivity index (χ0) is 20.5. The number of carbonyl (C=O) groups excluding carboxylic acids is 1. The van der Waals surface area contributed by atoms with E-state index in [0.29, 0.717) is 6.54 Å². The number of piperidine rings is 1. The fourth-order valence-corrected chi connectivity index (χ4v) is 3.69. The first kappa shape index (κ1) is 20.9. The molecule has 2 heterocycles. The second-order valence-corrected chi connectivity index (χ2v) is 7.48. The number of nitrogens with one attached hydrogen (secondary N) is 2. The van der Waals surface area contributed by atoms with E-state index in [2.05, 4.69) is 44.8 Å². The summed E-state index contributed by atoms with van der Waals surface area (Å²) in [5.74, 6) is 1.52. The third-order valence-corrected chi connectivity index (χ3v) is 5.23. The van der Waals surface area contributed by atoms with Gasteiger partial charge >= 0.3 is 0 Å².